The lowest BCUT2D eigenvalue weighted by Crippen LogP contribution is -2.17. The van der Waals surface area contributed by atoms with E-state index in [1.807, 2.05) is 12.1 Å². The second kappa shape index (κ2) is 6.12. The Kier molecular flexibility index (Phi) is 4.15. The van der Waals surface area contributed by atoms with Gasteiger partial charge in [-0.3, -0.25) is 0 Å². The molecule has 24 heavy (non-hydrogen) atoms. The summed E-state index contributed by atoms with van der Waals surface area (Å²) in [6.45, 7) is 2.05. The van der Waals surface area contributed by atoms with Gasteiger partial charge in [-0.25, -0.2) is 4.52 Å². The number of nitrogens with zero attached hydrogens (tertiary/aromatic N) is 3. The number of fused-ring (bicyclic) bond motifs is 1. The molecule has 2 heterocycles. The molecule has 0 atom stereocenters. The van der Waals surface area contributed by atoms with E-state index in [4.69, 9.17) is 4.74 Å². The van der Waals surface area contributed by atoms with Gasteiger partial charge in [0.25, 0.3) is 0 Å². The van der Waals surface area contributed by atoms with E-state index in [0.29, 0.717) is 17.9 Å². The van der Waals surface area contributed by atoms with Gasteiger partial charge in [-0.05, 0) is 47.9 Å². The number of methoxy groups -OCH3 is 1. The molecule has 0 saturated heterocycles. The van der Waals surface area contributed by atoms with Crippen molar-refractivity contribution in [2.75, 3.05) is 7.11 Å². The van der Waals surface area contributed by atoms with E-state index in [-0.39, 0.29) is 5.75 Å². The molecule has 5 nitrogen and oxygen atoms in total. The third-order valence-corrected chi connectivity index (χ3v) is 3.52. The van der Waals surface area contributed by atoms with Gasteiger partial charge in [-0.15, -0.1) is 18.3 Å². The van der Waals surface area contributed by atoms with E-state index >= 15 is 0 Å². The van der Waals surface area contributed by atoms with Crippen LogP contribution in [0.25, 0.3) is 16.6 Å². The number of rotatable bonds is 4. The third-order valence-electron chi connectivity index (χ3n) is 3.52. The summed E-state index contributed by atoms with van der Waals surface area (Å²) >= 11 is 0. The van der Waals surface area contributed by atoms with Gasteiger partial charge in [-0.2, -0.15) is 0 Å². The molecule has 0 amide bonds. The maximum Gasteiger partial charge on any atom is 0.573 e. The first-order valence-corrected chi connectivity index (χ1v) is 7.07. The van der Waals surface area contributed by atoms with Crippen LogP contribution in [0.15, 0.2) is 36.5 Å². The molecular formula is C16H14F3N3O2. The Labute approximate surface area is 135 Å². The molecule has 0 radical (unpaired) electrons. The molecule has 2 aromatic heterocycles. The highest BCUT2D eigenvalue weighted by Gasteiger charge is 2.31. The van der Waals surface area contributed by atoms with Crippen molar-refractivity contribution in [3.63, 3.8) is 0 Å². The van der Waals surface area contributed by atoms with Gasteiger partial charge in [-0.1, -0.05) is 11.3 Å². The van der Waals surface area contributed by atoms with E-state index < -0.39 is 6.36 Å². The molecule has 0 aliphatic rings. The zero-order chi connectivity index (χ0) is 17.3. The minimum atomic E-state index is -4.70. The van der Waals surface area contributed by atoms with E-state index in [1.165, 1.54) is 12.1 Å². The minimum Gasteiger partial charge on any atom is -0.406 e. The van der Waals surface area contributed by atoms with Crippen molar-refractivity contribution in [2.45, 2.75) is 19.9 Å². The highest BCUT2D eigenvalue weighted by atomic mass is 19.4. The van der Waals surface area contributed by atoms with Crippen LogP contribution >= 0.6 is 0 Å². The van der Waals surface area contributed by atoms with Gasteiger partial charge in [0.2, 0.25) is 0 Å². The number of aryl methyl sites for hydroxylation is 1. The van der Waals surface area contributed by atoms with E-state index in [0.717, 1.165) is 16.6 Å². The van der Waals surface area contributed by atoms with Gasteiger partial charge < -0.3 is 9.47 Å². The zero-order valence-corrected chi connectivity index (χ0v) is 13.0. The van der Waals surface area contributed by atoms with Gasteiger partial charge >= 0.3 is 6.36 Å². The van der Waals surface area contributed by atoms with Crippen molar-refractivity contribution in [2.24, 2.45) is 0 Å². The molecule has 0 spiro atoms. The molecule has 1 aromatic carbocycles. The van der Waals surface area contributed by atoms with E-state index in [9.17, 15) is 13.2 Å². The van der Waals surface area contributed by atoms with Crippen LogP contribution in [-0.2, 0) is 11.3 Å². The number of halogens is 3. The normalized spacial score (nSPS) is 11.9. The Bertz CT molecular complexity index is 875. The molecule has 8 heteroatoms. The third kappa shape index (κ3) is 3.33. The standard InChI is InChI=1S/C16H14F3N3O2/c1-10-7-12(24-16(17,18)19)3-4-13(10)11-5-6-22-15(8-11)14(9-23-2)20-21-22/h3-8H,9H2,1-2H3. The molecule has 0 N–H and O–H groups in total. The second-order valence-electron chi connectivity index (χ2n) is 5.24. The summed E-state index contributed by atoms with van der Waals surface area (Å²) in [5.41, 5.74) is 3.79. The van der Waals surface area contributed by atoms with Crippen molar-refractivity contribution in [1.82, 2.24) is 14.8 Å². The van der Waals surface area contributed by atoms with Crippen molar-refractivity contribution in [3.8, 4) is 16.9 Å². The monoisotopic (exact) mass is 337 g/mol. The fourth-order valence-corrected chi connectivity index (χ4v) is 2.50. The lowest BCUT2D eigenvalue weighted by atomic mass is 10.0. The van der Waals surface area contributed by atoms with Crippen LogP contribution in [0, 0.1) is 6.92 Å². The van der Waals surface area contributed by atoms with Crippen LogP contribution in [0.1, 0.15) is 11.3 Å². The van der Waals surface area contributed by atoms with E-state index in [1.54, 1.807) is 30.8 Å². The number of pyridine rings is 1. The molecule has 3 rings (SSSR count). The summed E-state index contributed by atoms with van der Waals surface area (Å²) < 4.78 is 47.6. The molecule has 0 bridgehead atoms. The second-order valence-corrected chi connectivity index (χ2v) is 5.24. The highest BCUT2D eigenvalue weighted by Crippen LogP contribution is 2.30. The predicted octanol–water partition coefficient (Wildman–Crippen LogP) is 3.75. The fraction of sp³-hybridized carbons (Fsp3) is 0.250. The summed E-state index contributed by atoms with van der Waals surface area (Å²) in [7, 11) is 1.57. The molecule has 0 fully saturated rings. The molecule has 3 aromatic rings. The largest absolute Gasteiger partial charge is 0.573 e. The van der Waals surface area contributed by atoms with Crippen LogP contribution in [-0.4, -0.2) is 28.3 Å². The van der Waals surface area contributed by atoms with Gasteiger partial charge in [0, 0.05) is 13.3 Å². The Balaban J connectivity index is 1.99. The first kappa shape index (κ1) is 16.3. The molecule has 0 aliphatic heterocycles. The lowest BCUT2D eigenvalue weighted by Gasteiger charge is -2.12. The summed E-state index contributed by atoms with van der Waals surface area (Å²) in [5, 5.41) is 8.03. The Morgan fingerprint density at radius 1 is 1.17 bits per heavy atom. The SMILES string of the molecule is COCc1nnn2ccc(-c3ccc(OC(F)(F)F)cc3C)cc12. The maximum absolute atomic E-state index is 12.3. The first-order valence-electron chi connectivity index (χ1n) is 7.07. The summed E-state index contributed by atoms with van der Waals surface area (Å²) in [6, 6.07) is 7.95. The average Bonchev–Trinajstić information content (AvgIpc) is 2.89. The minimum absolute atomic E-state index is 0.240. The Morgan fingerprint density at radius 3 is 2.62 bits per heavy atom. The Hall–Kier alpha value is -2.61. The average molecular weight is 337 g/mol. The van der Waals surface area contributed by atoms with Crippen molar-refractivity contribution < 1.29 is 22.6 Å². The van der Waals surface area contributed by atoms with Crippen LogP contribution in [0.2, 0.25) is 0 Å². The predicted molar refractivity (Wildman–Crippen MR) is 80.6 cm³/mol. The van der Waals surface area contributed by atoms with Gasteiger partial charge in [0.15, 0.2) is 0 Å². The summed E-state index contributed by atoms with van der Waals surface area (Å²) in [4.78, 5) is 0. The molecule has 0 aliphatic carbocycles. The number of aromatic nitrogens is 3. The van der Waals surface area contributed by atoms with Crippen LogP contribution < -0.4 is 4.74 Å². The zero-order valence-electron chi connectivity index (χ0n) is 13.0. The van der Waals surface area contributed by atoms with Gasteiger partial charge in [0.05, 0.1) is 12.1 Å². The quantitative estimate of drug-likeness (QED) is 0.727. The highest BCUT2D eigenvalue weighted by molar-refractivity contribution is 5.72. The maximum atomic E-state index is 12.3. The van der Waals surface area contributed by atoms with Gasteiger partial charge in [0.1, 0.15) is 11.4 Å². The molecular weight excluding hydrogens is 323 g/mol. The van der Waals surface area contributed by atoms with Crippen molar-refractivity contribution in [1.29, 1.82) is 0 Å². The number of hydrogen-bond donors (Lipinski definition) is 0. The molecule has 0 saturated carbocycles. The van der Waals surface area contributed by atoms with Crippen LogP contribution in [0.5, 0.6) is 5.75 Å². The number of benzene rings is 1. The number of ether oxygens (including phenoxy) is 2. The first-order chi connectivity index (χ1) is 11.4. The number of hydrogen-bond acceptors (Lipinski definition) is 4. The van der Waals surface area contributed by atoms with Crippen LogP contribution in [0.3, 0.4) is 0 Å². The Morgan fingerprint density at radius 2 is 1.96 bits per heavy atom. The van der Waals surface area contributed by atoms with Crippen molar-refractivity contribution in [3.05, 3.63) is 47.8 Å². The summed E-state index contributed by atoms with van der Waals surface area (Å²) in [5.74, 6) is -0.240. The molecule has 0 unspecified atom stereocenters. The van der Waals surface area contributed by atoms with Crippen molar-refractivity contribution >= 4 is 5.52 Å². The lowest BCUT2D eigenvalue weighted by molar-refractivity contribution is -0.274. The fourth-order valence-electron chi connectivity index (χ4n) is 2.50. The van der Waals surface area contributed by atoms with E-state index in [2.05, 4.69) is 15.0 Å². The number of alkyl halides is 3. The topological polar surface area (TPSA) is 48.7 Å². The smallest absolute Gasteiger partial charge is 0.406 e. The van der Waals surface area contributed by atoms with Crippen LogP contribution in [0.4, 0.5) is 13.2 Å². The summed E-state index contributed by atoms with van der Waals surface area (Å²) in [6.07, 6.45) is -2.96. The molecule has 126 valence electrons.